The Kier molecular flexibility index (Phi) is 2.35. The van der Waals surface area contributed by atoms with E-state index in [1.54, 1.807) is 11.3 Å². The molecule has 2 aromatic heterocycles. The lowest BCUT2D eigenvalue weighted by atomic mass is 9.79. The second-order valence-electron chi connectivity index (χ2n) is 5.27. The van der Waals surface area contributed by atoms with Gasteiger partial charge in [-0.05, 0) is 36.8 Å². The number of anilines is 1. The predicted molar refractivity (Wildman–Crippen MR) is 74.4 cm³/mol. The van der Waals surface area contributed by atoms with Crippen LogP contribution in [0.3, 0.4) is 0 Å². The lowest BCUT2D eigenvalue weighted by Crippen LogP contribution is -2.55. The lowest BCUT2D eigenvalue weighted by molar-refractivity contribution is -0.106. The first-order chi connectivity index (χ1) is 8.86. The summed E-state index contributed by atoms with van der Waals surface area (Å²) >= 11 is 1.79. The van der Waals surface area contributed by atoms with Crippen LogP contribution in [-0.2, 0) is 4.74 Å². The predicted octanol–water partition coefficient (Wildman–Crippen LogP) is 3.06. The molecule has 2 aromatic rings. The molecule has 1 saturated heterocycles. The number of pyridine rings is 1. The van der Waals surface area contributed by atoms with Gasteiger partial charge in [-0.2, -0.15) is 0 Å². The van der Waals surface area contributed by atoms with E-state index in [2.05, 4.69) is 27.4 Å². The molecule has 0 aromatic carbocycles. The maximum Gasteiger partial charge on any atom is 0.0857 e. The van der Waals surface area contributed by atoms with Crippen LogP contribution in [0, 0.1) is 0 Å². The fourth-order valence-electron chi connectivity index (χ4n) is 3.03. The molecule has 0 unspecified atom stereocenters. The minimum absolute atomic E-state index is 0.158. The highest BCUT2D eigenvalue weighted by molar-refractivity contribution is 7.17. The first kappa shape index (κ1) is 10.8. The fraction of sp³-hybridized carbons (Fsp3) is 0.500. The molecule has 1 saturated carbocycles. The summed E-state index contributed by atoms with van der Waals surface area (Å²) in [4.78, 5) is 6.91. The van der Waals surface area contributed by atoms with Crippen LogP contribution in [0.15, 0.2) is 23.7 Å². The maximum absolute atomic E-state index is 5.99. The van der Waals surface area contributed by atoms with Crippen molar-refractivity contribution < 1.29 is 4.74 Å². The van der Waals surface area contributed by atoms with E-state index >= 15 is 0 Å². The molecule has 4 rings (SSSR count). The second-order valence-corrected chi connectivity index (χ2v) is 6.19. The van der Waals surface area contributed by atoms with Gasteiger partial charge in [0.05, 0.1) is 28.1 Å². The van der Waals surface area contributed by atoms with Crippen LogP contribution in [0.5, 0.6) is 0 Å². The molecule has 1 aliphatic heterocycles. The van der Waals surface area contributed by atoms with E-state index in [0.717, 1.165) is 25.2 Å². The lowest BCUT2D eigenvalue weighted by Gasteiger charge is -2.49. The number of fused-ring (bicyclic) bond motifs is 1. The Labute approximate surface area is 110 Å². The quantitative estimate of drug-likeness (QED) is 0.788. The molecule has 3 nitrogen and oxygen atoms in total. The average Bonchev–Trinajstić information content (AvgIpc) is 2.85. The van der Waals surface area contributed by atoms with Gasteiger partial charge in [0.25, 0.3) is 0 Å². The van der Waals surface area contributed by atoms with E-state index in [4.69, 9.17) is 4.74 Å². The topological polar surface area (TPSA) is 25.4 Å². The summed E-state index contributed by atoms with van der Waals surface area (Å²) in [6.07, 6.45) is 5.69. The summed E-state index contributed by atoms with van der Waals surface area (Å²) in [5.74, 6) is 0. The van der Waals surface area contributed by atoms with Crippen LogP contribution in [0.1, 0.15) is 19.3 Å². The highest BCUT2D eigenvalue weighted by atomic mass is 32.1. The van der Waals surface area contributed by atoms with Crippen molar-refractivity contribution in [3.05, 3.63) is 23.7 Å². The van der Waals surface area contributed by atoms with Gasteiger partial charge in [0.1, 0.15) is 0 Å². The summed E-state index contributed by atoms with van der Waals surface area (Å²) in [7, 11) is 0. The Morgan fingerprint density at radius 3 is 3.11 bits per heavy atom. The molecule has 0 amide bonds. The summed E-state index contributed by atoms with van der Waals surface area (Å²) in [6.45, 7) is 2.90. The molecule has 0 atom stereocenters. The Morgan fingerprint density at radius 1 is 1.33 bits per heavy atom. The van der Waals surface area contributed by atoms with Gasteiger partial charge in [-0.25, -0.2) is 0 Å². The molecule has 1 spiro atoms. The van der Waals surface area contributed by atoms with E-state index < -0.39 is 0 Å². The molecule has 18 heavy (non-hydrogen) atoms. The fourth-order valence-corrected chi connectivity index (χ4v) is 3.93. The third kappa shape index (κ3) is 1.56. The zero-order chi connectivity index (χ0) is 12.0. The van der Waals surface area contributed by atoms with Gasteiger partial charge >= 0.3 is 0 Å². The molecule has 0 bridgehead atoms. The van der Waals surface area contributed by atoms with Crippen LogP contribution in [0.2, 0.25) is 0 Å². The molecule has 3 heterocycles. The zero-order valence-corrected chi connectivity index (χ0v) is 11.1. The van der Waals surface area contributed by atoms with Gasteiger partial charge in [0.15, 0.2) is 0 Å². The summed E-state index contributed by atoms with van der Waals surface area (Å²) < 4.78 is 7.31. The number of ether oxygens (including phenoxy) is 1. The highest BCUT2D eigenvalue weighted by Gasteiger charge is 2.42. The minimum Gasteiger partial charge on any atom is -0.371 e. The van der Waals surface area contributed by atoms with Crippen molar-refractivity contribution in [1.29, 1.82) is 0 Å². The number of hydrogen-bond acceptors (Lipinski definition) is 4. The standard InChI is InChI=1S/C14H16N2OS/c1-4-14(5-1)10-16(7-8-17-14)12-2-6-15-11-3-9-18-13(11)12/h2-3,6,9H,1,4-5,7-8,10H2. The first-order valence-corrected chi connectivity index (χ1v) is 7.45. The molecule has 2 aliphatic rings. The van der Waals surface area contributed by atoms with Gasteiger partial charge < -0.3 is 9.64 Å². The van der Waals surface area contributed by atoms with Crippen LogP contribution in [0.4, 0.5) is 5.69 Å². The molecule has 1 aliphatic carbocycles. The zero-order valence-electron chi connectivity index (χ0n) is 10.3. The van der Waals surface area contributed by atoms with Crippen molar-refractivity contribution in [1.82, 2.24) is 4.98 Å². The van der Waals surface area contributed by atoms with E-state index in [1.165, 1.54) is 29.6 Å². The maximum atomic E-state index is 5.99. The largest absolute Gasteiger partial charge is 0.371 e. The summed E-state index contributed by atoms with van der Waals surface area (Å²) in [5.41, 5.74) is 2.61. The van der Waals surface area contributed by atoms with Crippen LogP contribution < -0.4 is 4.90 Å². The normalized spacial score (nSPS) is 22.3. The second kappa shape index (κ2) is 3.93. The van der Waals surface area contributed by atoms with E-state index in [1.807, 2.05) is 6.20 Å². The van der Waals surface area contributed by atoms with Crippen LogP contribution in [0.25, 0.3) is 10.2 Å². The van der Waals surface area contributed by atoms with Crippen molar-refractivity contribution >= 4 is 27.2 Å². The number of thiophene rings is 1. The third-order valence-corrected chi connectivity index (χ3v) is 5.10. The van der Waals surface area contributed by atoms with Crippen molar-refractivity contribution in [3.8, 4) is 0 Å². The molecular formula is C14H16N2OS. The number of aromatic nitrogens is 1. The molecule has 2 fully saturated rings. The molecule has 0 radical (unpaired) electrons. The van der Waals surface area contributed by atoms with Crippen molar-refractivity contribution in [2.75, 3.05) is 24.6 Å². The highest BCUT2D eigenvalue weighted by Crippen LogP contribution is 2.40. The summed E-state index contributed by atoms with van der Waals surface area (Å²) in [5, 5.41) is 2.13. The Balaban J connectivity index is 1.71. The van der Waals surface area contributed by atoms with Gasteiger partial charge in [0.2, 0.25) is 0 Å². The number of hydrogen-bond donors (Lipinski definition) is 0. The van der Waals surface area contributed by atoms with E-state index in [-0.39, 0.29) is 5.60 Å². The Morgan fingerprint density at radius 2 is 2.28 bits per heavy atom. The molecule has 94 valence electrons. The summed E-state index contributed by atoms with van der Waals surface area (Å²) in [6, 6.07) is 4.25. The van der Waals surface area contributed by atoms with Crippen LogP contribution >= 0.6 is 11.3 Å². The van der Waals surface area contributed by atoms with Gasteiger partial charge in [-0.3, -0.25) is 4.98 Å². The van der Waals surface area contributed by atoms with Crippen molar-refractivity contribution in [2.45, 2.75) is 24.9 Å². The third-order valence-electron chi connectivity index (χ3n) is 4.18. The molecule has 0 N–H and O–H groups in total. The SMILES string of the molecule is c1cc(N2CCOC3(CCC3)C2)c2sccc2n1. The first-order valence-electron chi connectivity index (χ1n) is 6.58. The van der Waals surface area contributed by atoms with Crippen molar-refractivity contribution in [3.63, 3.8) is 0 Å². The minimum atomic E-state index is 0.158. The van der Waals surface area contributed by atoms with Gasteiger partial charge in [0, 0.05) is 19.3 Å². The number of morpholine rings is 1. The van der Waals surface area contributed by atoms with Gasteiger partial charge in [-0.1, -0.05) is 0 Å². The van der Waals surface area contributed by atoms with E-state index in [9.17, 15) is 0 Å². The van der Waals surface area contributed by atoms with E-state index in [0.29, 0.717) is 0 Å². The number of nitrogens with zero attached hydrogens (tertiary/aromatic N) is 2. The number of rotatable bonds is 1. The Bertz CT molecular complexity index is 576. The van der Waals surface area contributed by atoms with Gasteiger partial charge in [-0.15, -0.1) is 11.3 Å². The van der Waals surface area contributed by atoms with Crippen molar-refractivity contribution in [2.24, 2.45) is 0 Å². The molecule has 4 heteroatoms. The average molecular weight is 260 g/mol. The van der Waals surface area contributed by atoms with Crippen LogP contribution in [-0.4, -0.2) is 30.3 Å². The molecular weight excluding hydrogens is 244 g/mol. The smallest absolute Gasteiger partial charge is 0.0857 e. The Hall–Kier alpha value is -1.13. The monoisotopic (exact) mass is 260 g/mol.